The first-order valence-electron chi connectivity index (χ1n) is 5.56. The van der Waals surface area contributed by atoms with Crippen LogP contribution in [0.4, 0.5) is 5.95 Å². The van der Waals surface area contributed by atoms with E-state index in [2.05, 4.69) is 28.7 Å². The third-order valence-corrected chi connectivity index (χ3v) is 3.18. The predicted octanol–water partition coefficient (Wildman–Crippen LogP) is 1.91. The second-order valence-electron chi connectivity index (χ2n) is 4.73. The lowest BCUT2D eigenvalue weighted by Gasteiger charge is -2.35. The van der Waals surface area contributed by atoms with Crippen LogP contribution in [0.1, 0.15) is 20.3 Å². The van der Waals surface area contributed by atoms with Crippen molar-refractivity contribution >= 4 is 17.5 Å². The van der Waals surface area contributed by atoms with E-state index in [0.29, 0.717) is 17.8 Å². The smallest absolute Gasteiger partial charge is 0.271 e. The summed E-state index contributed by atoms with van der Waals surface area (Å²) in [7, 11) is 0. The summed E-state index contributed by atoms with van der Waals surface area (Å²) in [5.74, 6) is 1.89. The average Bonchev–Trinajstić information content (AvgIpc) is 2.20. The van der Waals surface area contributed by atoms with Gasteiger partial charge in [0.1, 0.15) is 5.02 Å². The van der Waals surface area contributed by atoms with Gasteiger partial charge < -0.3 is 4.90 Å². The predicted molar refractivity (Wildman–Crippen MR) is 65.0 cm³/mol. The highest BCUT2D eigenvalue weighted by Crippen LogP contribution is 2.23. The van der Waals surface area contributed by atoms with Crippen LogP contribution < -0.4 is 10.5 Å². The van der Waals surface area contributed by atoms with Gasteiger partial charge >= 0.3 is 0 Å². The second-order valence-corrected chi connectivity index (χ2v) is 5.14. The fraction of sp³-hybridized carbons (Fsp3) is 0.636. The van der Waals surface area contributed by atoms with Crippen molar-refractivity contribution in [2.45, 2.75) is 20.3 Å². The quantitative estimate of drug-likeness (QED) is 0.817. The lowest BCUT2D eigenvalue weighted by atomic mass is 9.92. The Labute approximate surface area is 99.6 Å². The third-order valence-electron chi connectivity index (χ3n) is 2.91. The normalized spacial score (nSPS) is 25.8. The van der Waals surface area contributed by atoms with Crippen LogP contribution in [0.15, 0.2) is 11.0 Å². The van der Waals surface area contributed by atoms with Crippen LogP contribution >= 0.6 is 11.6 Å². The lowest BCUT2D eigenvalue weighted by Crippen LogP contribution is -2.40. The van der Waals surface area contributed by atoms with Crippen LogP contribution in [0.5, 0.6) is 0 Å². The number of H-pyrrole nitrogens is 1. The molecule has 1 saturated heterocycles. The first-order valence-corrected chi connectivity index (χ1v) is 5.94. The van der Waals surface area contributed by atoms with E-state index >= 15 is 0 Å². The van der Waals surface area contributed by atoms with E-state index < -0.39 is 0 Å². The molecule has 1 aromatic rings. The average molecular weight is 242 g/mol. The molecule has 16 heavy (non-hydrogen) atoms. The van der Waals surface area contributed by atoms with Gasteiger partial charge in [0.25, 0.3) is 5.56 Å². The van der Waals surface area contributed by atoms with Crippen LogP contribution in [0, 0.1) is 11.8 Å². The molecule has 2 atom stereocenters. The van der Waals surface area contributed by atoms with E-state index in [1.54, 1.807) is 0 Å². The third kappa shape index (κ3) is 2.38. The molecule has 1 aliphatic heterocycles. The first kappa shape index (κ1) is 11.5. The van der Waals surface area contributed by atoms with E-state index in [1.807, 2.05) is 0 Å². The van der Waals surface area contributed by atoms with E-state index in [-0.39, 0.29) is 10.6 Å². The maximum atomic E-state index is 11.4. The summed E-state index contributed by atoms with van der Waals surface area (Å²) in [5, 5.41) is 0.141. The molecule has 0 saturated carbocycles. The molecule has 0 amide bonds. The summed E-state index contributed by atoms with van der Waals surface area (Å²) in [6, 6.07) is 0. The molecule has 0 bridgehead atoms. The topological polar surface area (TPSA) is 49.0 Å². The Hall–Kier alpha value is -1.03. The molecule has 88 valence electrons. The van der Waals surface area contributed by atoms with Crippen molar-refractivity contribution in [1.29, 1.82) is 0 Å². The maximum Gasteiger partial charge on any atom is 0.271 e. The van der Waals surface area contributed by atoms with Crippen LogP contribution in [0.3, 0.4) is 0 Å². The van der Waals surface area contributed by atoms with Gasteiger partial charge in [-0.1, -0.05) is 25.4 Å². The minimum Gasteiger partial charge on any atom is -0.342 e. The van der Waals surface area contributed by atoms with Gasteiger partial charge in [0, 0.05) is 13.1 Å². The summed E-state index contributed by atoms with van der Waals surface area (Å²) < 4.78 is 0. The summed E-state index contributed by atoms with van der Waals surface area (Å²) in [6.45, 7) is 6.32. The zero-order valence-electron chi connectivity index (χ0n) is 9.53. The summed E-state index contributed by atoms with van der Waals surface area (Å²) in [4.78, 5) is 20.4. The molecular formula is C11H16ClN3O. The van der Waals surface area contributed by atoms with Crippen LogP contribution in [0.2, 0.25) is 5.02 Å². The van der Waals surface area contributed by atoms with Crippen LogP contribution in [-0.2, 0) is 0 Å². The van der Waals surface area contributed by atoms with Gasteiger partial charge in [0.05, 0.1) is 6.20 Å². The SMILES string of the molecule is CC1C[C@@H](C)CN(c2ncc(Cl)c(=O)[nH]2)C1. The molecule has 5 heteroatoms. The molecule has 1 N–H and O–H groups in total. The number of rotatable bonds is 1. The number of nitrogens with one attached hydrogen (secondary N) is 1. The number of halogens is 1. The van der Waals surface area contributed by atoms with Crippen molar-refractivity contribution in [3.05, 3.63) is 21.6 Å². The molecular weight excluding hydrogens is 226 g/mol. The molecule has 0 aliphatic carbocycles. The van der Waals surface area contributed by atoms with Gasteiger partial charge in [0.15, 0.2) is 0 Å². The van der Waals surface area contributed by atoms with Gasteiger partial charge in [-0.15, -0.1) is 0 Å². The molecule has 0 aromatic carbocycles. The standard InChI is InChI=1S/C11H16ClN3O/c1-7-3-8(2)6-15(5-7)11-13-4-9(12)10(16)14-11/h4,7-8H,3,5-6H2,1-2H3,(H,13,14,16)/t7-,8?/m1/s1. The minimum absolute atomic E-state index is 0.141. The Morgan fingerprint density at radius 3 is 2.62 bits per heavy atom. The molecule has 1 aliphatic rings. The number of hydrogen-bond acceptors (Lipinski definition) is 3. The highest BCUT2D eigenvalue weighted by Gasteiger charge is 2.23. The van der Waals surface area contributed by atoms with E-state index in [0.717, 1.165) is 13.1 Å². The number of aromatic amines is 1. The van der Waals surface area contributed by atoms with Crippen molar-refractivity contribution in [2.24, 2.45) is 11.8 Å². The van der Waals surface area contributed by atoms with Crippen LogP contribution in [0.25, 0.3) is 0 Å². The van der Waals surface area contributed by atoms with Gasteiger partial charge in [0.2, 0.25) is 5.95 Å². The van der Waals surface area contributed by atoms with E-state index in [4.69, 9.17) is 11.6 Å². The second kappa shape index (κ2) is 4.45. The molecule has 1 aromatic heterocycles. The highest BCUT2D eigenvalue weighted by atomic mass is 35.5. The van der Waals surface area contributed by atoms with Crippen molar-refractivity contribution in [3.8, 4) is 0 Å². The van der Waals surface area contributed by atoms with E-state index in [9.17, 15) is 4.79 Å². The Balaban J connectivity index is 2.23. The van der Waals surface area contributed by atoms with Crippen molar-refractivity contribution in [3.63, 3.8) is 0 Å². The molecule has 1 fully saturated rings. The zero-order chi connectivity index (χ0) is 11.7. The number of anilines is 1. The number of hydrogen-bond donors (Lipinski definition) is 1. The maximum absolute atomic E-state index is 11.4. The molecule has 2 rings (SSSR count). The fourth-order valence-corrected chi connectivity index (χ4v) is 2.46. The summed E-state index contributed by atoms with van der Waals surface area (Å²) in [6.07, 6.45) is 2.65. The van der Waals surface area contributed by atoms with Gasteiger partial charge in [-0.3, -0.25) is 9.78 Å². The fourth-order valence-electron chi connectivity index (χ4n) is 2.37. The molecule has 4 nitrogen and oxygen atoms in total. The monoisotopic (exact) mass is 241 g/mol. The van der Waals surface area contributed by atoms with Crippen LogP contribution in [-0.4, -0.2) is 23.1 Å². The first-order chi connectivity index (χ1) is 7.56. The Kier molecular flexibility index (Phi) is 3.19. The zero-order valence-corrected chi connectivity index (χ0v) is 10.3. The van der Waals surface area contributed by atoms with Gasteiger partial charge in [-0.25, -0.2) is 4.98 Å². The molecule has 0 radical (unpaired) electrons. The Morgan fingerprint density at radius 2 is 2.06 bits per heavy atom. The Morgan fingerprint density at radius 1 is 1.44 bits per heavy atom. The van der Waals surface area contributed by atoms with Crippen molar-refractivity contribution in [2.75, 3.05) is 18.0 Å². The van der Waals surface area contributed by atoms with Gasteiger partial charge in [-0.05, 0) is 18.3 Å². The van der Waals surface area contributed by atoms with Gasteiger partial charge in [-0.2, -0.15) is 0 Å². The highest BCUT2D eigenvalue weighted by molar-refractivity contribution is 6.30. The number of aromatic nitrogens is 2. The largest absolute Gasteiger partial charge is 0.342 e. The number of nitrogens with zero attached hydrogens (tertiary/aromatic N) is 2. The Bertz CT molecular complexity index is 421. The van der Waals surface area contributed by atoms with E-state index in [1.165, 1.54) is 12.6 Å². The minimum atomic E-state index is -0.266. The number of piperidine rings is 1. The lowest BCUT2D eigenvalue weighted by molar-refractivity contribution is 0.353. The van der Waals surface area contributed by atoms with Crippen molar-refractivity contribution in [1.82, 2.24) is 9.97 Å². The molecule has 2 heterocycles. The van der Waals surface area contributed by atoms with Crippen molar-refractivity contribution < 1.29 is 0 Å². The molecule has 1 unspecified atom stereocenters. The summed E-state index contributed by atoms with van der Waals surface area (Å²) in [5.41, 5.74) is -0.266. The summed E-state index contributed by atoms with van der Waals surface area (Å²) >= 11 is 5.65. The molecule has 0 spiro atoms.